The van der Waals surface area contributed by atoms with Gasteiger partial charge < -0.3 is 19.3 Å². The number of aromatic nitrogens is 1. The molecule has 1 aromatic rings. The zero-order valence-electron chi connectivity index (χ0n) is 8.34. The Bertz CT molecular complexity index is 442. The maximum absolute atomic E-state index is 11.4. The number of rotatable bonds is 2. The Morgan fingerprint density at radius 1 is 1.67 bits per heavy atom. The second kappa shape index (κ2) is 3.92. The molecule has 1 aliphatic heterocycles. The van der Waals surface area contributed by atoms with Gasteiger partial charge in [0.2, 0.25) is 0 Å². The molecule has 0 radical (unpaired) electrons. The van der Waals surface area contributed by atoms with Crippen LogP contribution in [0.15, 0.2) is 4.79 Å². The summed E-state index contributed by atoms with van der Waals surface area (Å²) in [5.41, 5.74) is 0.825. The second-order valence-electron chi connectivity index (χ2n) is 3.61. The summed E-state index contributed by atoms with van der Waals surface area (Å²) >= 11 is 1.09. The van der Waals surface area contributed by atoms with Gasteiger partial charge in [0.25, 0.3) is 7.41 Å². The van der Waals surface area contributed by atoms with Crippen molar-refractivity contribution in [3.05, 3.63) is 20.2 Å². The van der Waals surface area contributed by atoms with Gasteiger partial charge in [-0.2, -0.15) is 0 Å². The van der Waals surface area contributed by atoms with Crippen LogP contribution in [0.25, 0.3) is 0 Å². The van der Waals surface area contributed by atoms with Gasteiger partial charge in [0.1, 0.15) is 6.10 Å². The van der Waals surface area contributed by atoms with E-state index in [9.17, 15) is 14.7 Å². The van der Waals surface area contributed by atoms with Crippen LogP contribution < -0.4 is 4.87 Å². The molecule has 0 fully saturated rings. The molecule has 0 saturated heterocycles. The summed E-state index contributed by atoms with van der Waals surface area (Å²) in [5, 5.41) is 9.80. The van der Waals surface area contributed by atoms with E-state index in [1.807, 2.05) is 4.81 Å². The van der Waals surface area contributed by atoms with Crippen LogP contribution in [0.2, 0.25) is 0 Å². The molecule has 5 nitrogen and oxygen atoms in total. The fourth-order valence-electron chi connectivity index (χ4n) is 1.79. The molecule has 1 unspecified atom stereocenters. The SMILES string of the molecule is Cn1c2c(sc1=O)C(O)CN(BC=O)C2. The topological polar surface area (TPSA) is 62.5 Å². The van der Waals surface area contributed by atoms with E-state index < -0.39 is 6.10 Å². The largest absolute Gasteiger partial charge is 0.386 e. The molecule has 0 aromatic carbocycles. The van der Waals surface area contributed by atoms with Crippen molar-refractivity contribution < 1.29 is 9.90 Å². The molecule has 80 valence electrons. The zero-order valence-corrected chi connectivity index (χ0v) is 9.16. The van der Waals surface area contributed by atoms with E-state index in [-0.39, 0.29) is 4.87 Å². The fourth-order valence-corrected chi connectivity index (χ4v) is 2.75. The minimum absolute atomic E-state index is 0.0630. The number of thiazole rings is 1. The van der Waals surface area contributed by atoms with Crippen molar-refractivity contribution in [3.8, 4) is 0 Å². The van der Waals surface area contributed by atoms with E-state index in [1.165, 1.54) is 0 Å². The first-order chi connectivity index (χ1) is 7.13. The first-order valence-corrected chi connectivity index (χ1v) is 5.47. The van der Waals surface area contributed by atoms with Gasteiger partial charge in [0.05, 0.1) is 16.8 Å². The predicted molar refractivity (Wildman–Crippen MR) is 58.8 cm³/mol. The van der Waals surface area contributed by atoms with Gasteiger partial charge in [-0.15, -0.1) is 0 Å². The van der Waals surface area contributed by atoms with Crippen molar-refractivity contribution in [1.82, 2.24) is 9.38 Å². The van der Waals surface area contributed by atoms with E-state index in [0.29, 0.717) is 20.5 Å². The third kappa shape index (κ3) is 1.78. The number of hydrogen-bond acceptors (Lipinski definition) is 5. The molecule has 0 saturated carbocycles. The lowest BCUT2D eigenvalue weighted by Crippen LogP contribution is -2.37. The number of hydrogen-bond donors (Lipinski definition) is 1. The Hall–Kier alpha value is -0.915. The van der Waals surface area contributed by atoms with Crippen LogP contribution in [0.5, 0.6) is 0 Å². The quantitative estimate of drug-likeness (QED) is 0.510. The van der Waals surface area contributed by atoms with Crippen molar-refractivity contribution >= 4 is 24.9 Å². The fraction of sp³-hybridized carbons (Fsp3) is 0.500. The van der Waals surface area contributed by atoms with Gasteiger partial charge in [0.15, 0.2) is 0 Å². The molecule has 0 spiro atoms. The first kappa shape index (κ1) is 10.6. The monoisotopic (exact) mass is 226 g/mol. The molecule has 7 heteroatoms. The van der Waals surface area contributed by atoms with Crippen LogP contribution in [-0.4, -0.2) is 34.6 Å². The zero-order chi connectivity index (χ0) is 11.0. The summed E-state index contributed by atoms with van der Waals surface area (Å²) in [6.07, 6.45) is 0.162. The first-order valence-electron chi connectivity index (χ1n) is 4.66. The smallest absolute Gasteiger partial charge is 0.307 e. The van der Waals surface area contributed by atoms with Crippen molar-refractivity contribution in [2.24, 2.45) is 7.05 Å². The Kier molecular flexibility index (Phi) is 2.77. The standard InChI is InChI=1S/C8H11BN2O3S/c1-10-5-2-11(9-4-12)3-6(13)7(5)15-8(10)14/h4,6,9,13H,2-3H2,1H3. The highest BCUT2D eigenvalue weighted by Gasteiger charge is 2.28. The number of fused-ring (bicyclic) bond motifs is 1. The average Bonchev–Trinajstić information content (AvgIpc) is 2.46. The summed E-state index contributed by atoms with van der Waals surface area (Å²) < 4.78 is 1.54. The van der Waals surface area contributed by atoms with E-state index in [1.54, 1.807) is 11.6 Å². The molecule has 0 bridgehead atoms. The van der Waals surface area contributed by atoms with Gasteiger partial charge in [-0.1, -0.05) is 11.3 Å². The highest BCUT2D eigenvalue weighted by Crippen LogP contribution is 2.27. The van der Waals surface area contributed by atoms with Gasteiger partial charge >= 0.3 is 4.87 Å². The maximum Gasteiger partial charge on any atom is 0.307 e. The molecule has 0 aliphatic carbocycles. The molecule has 1 aromatic heterocycles. The summed E-state index contributed by atoms with van der Waals surface area (Å²) in [6, 6.07) is 0. The molecule has 1 N–H and O–H groups in total. The Balaban J connectivity index is 2.37. The normalized spacial score (nSPS) is 21.1. The van der Waals surface area contributed by atoms with Crippen LogP contribution in [0.3, 0.4) is 0 Å². The molecule has 2 heterocycles. The maximum atomic E-state index is 11.4. The second-order valence-corrected chi connectivity index (χ2v) is 4.61. The Labute approximate surface area is 91.2 Å². The molecule has 2 rings (SSSR count). The van der Waals surface area contributed by atoms with Crippen molar-refractivity contribution in [2.45, 2.75) is 12.6 Å². The van der Waals surface area contributed by atoms with Crippen molar-refractivity contribution in [3.63, 3.8) is 0 Å². The van der Waals surface area contributed by atoms with E-state index in [2.05, 4.69) is 0 Å². The molecular weight excluding hydrogens is 215 g/mol. The third-order valence-electron chi connectivity index (χ3n) is 2.60. The predicted octanol–water partition coefficient (Wildman–Crippen LogP) is -1.16. The lowest BCUT2D eigenvalue weighted by atomic mass is 9.91. The summed E-state index contributed by atoms with van der Waals surface area (Å²) in [6.45, 7) is 0.978. The van der Waals surface area contributed by atoms with Crippen molar-refractivity contribution in [1.29, 1.82) is 0 Å². The number of aliphatic hydroxyl groups is 1. The minimum Gasteiger partial charge on any atom is -0.386 e. The molecule has 0 amide bonds. The van der Waals surface area contributed by atoms with Crippen LogP contribution in [0.1, 0.15) is 16.7 Å². The molecule has 1 atom stereocenters. The van der Waals surface area contributed by atoms with E-state index >= 15 is 0 Å². The molecular formula is C8H11BN2O3S. The summed E-state index contributed by atoms with van der Waals surface area (Å²) in [4.78, 5) is 24.3. The van der Waals surface area contributed by atoms with Crippen LogP contribution in [0, 0.1) is 0 Å². The third-order valence-corrected chi connectivity index (χ3v) is 3.78. The number of carbonyl (C=O) groups excluding carboxylic acids is 1. The Morgan fingerprint density at radius 3 is 3.07 bits per heavy atom. The average molecular weight is 226 g/mol. The lowest BCUT2D eigenvalue weighted by molar-refractivity contribution is 0.134. The Morgan fingerprint density at radius 2 is 2.40 bits per heavy atom. The van der Waals surface area contributed by atoms with E-state index in [4.69, 9.17) is 0 Å². The summed E-state index contributed by atoms with van der Waals surface area (Å²) in [5.74, 6) is 0. The van der Waals surface area contributed by atoms with Crippen LogP contribution in [-0.2, 0) is 18.4 Å². The van der Waals surface area contributed by atoms with Crippen LogP contribution >= 0.6 is 11.3 Å². The van der Waals surface area contributed by atoms with Gasteiger partial charge in [-0.25, -0.2) is 0 Å². The molecule has 1 aliphatic rings. The van der Waals surface area contributed by atoms with Crippen LogP contribution in [0.4, 0.5) is 0 Å². The highest BCUT2D eigenvalue weighted by molar-refractivity contribution is 7.09. The number of nitrogens with zero attached hydrogens (tertiary/aromatic N) is 2. The lowest BCUT2D eigenvalue weighted by Gasteiger charge is -2.28. The molecule has 15 heavy (non-hydrogen) atoms. The van der Waals surface area contributed by atoms with Gasteiger partial charge in [-0.3, -0.25) is 4.79 Å². The van der Waals surface area contributed by atoms with Gasteiger partial charge in [-0.05, 0) is 0 Å². The summed E-state index contributed by atoms with van der Waals surface area (Å²) in [7, 11) is 1.98. The van der Waals surface area contributed by atoms with Crippen molar-refractivity contribution in [2.75, 3.05) is 6.54 Å². The van der Waals surface area contributed by atoms with Gasteiger partial charge in [0, 0.05) is 20.1 Å². The number of carbonyl (C=O) groups is 1. The number of β-amino-alcohol motifs (C(OH)–C–C–N with tert-alkyl or cyclic N) is 1. The highest BCUT2D eigenvalue weighted by atomic mass is 32.1. The number of aliphatic hydroxyl groups excluding tert-OH is 1. The minimum atomic E-state index is -0.646. The van der Waals surface area contributed by atoms with E-state index in [0.717, 1.165) is 28.1 Å².